The van der Waals surface area contributed by atoms with Crippen molar-refractivity contribution in [3.05, 3.63) is 17.5 Å². The standard InChI is InChI=1S/C15H24N4O2/c1-2-12-11-13(18-17-12)15(21)16-8-6-10-19-9-5-3-4-7-14(19)20/h11H,2-10H2,1H3,(H,16,21)(H,17,18). The molecular weight excluding hydrogens is 268 g/mol. The summed E-state index contributed by atoms with van der Waals surface area (Å²) >= 11 is 0. The van der Waals surface area contributed by atoms with Crippen molar-refractivity contribution in [3.63, 3.8) is 0 Å². The molecule has 0 unspecified atom stereocenters. The van der Waals surface area contributed by atoms with Crippen LogP contribution in [0, 0.1) is 0 Å². The van der Waals surface area contributed by atoms with Crippen LogP contribution in [0.3, 0.4) is 0 Å². The van der Waals surface area contributed by atoms with E-state index in [0.29, 0.717) is 18.7 Å². The Kier molecular flexibility index (Phi) is 5.78. The van der Waals surface area contributed by atoms with E-state index in [1.54, 1.807) is 6.07 Å². The van der Waals surface area contributed by atoms with Gasteiger partial charge in [0.15, 0.2) is 0 Å². The summed E-state index contributed by atoms with van der Waals surface area (Å²) in [6.45, 7) is 4.15. The Labute approximate surface area is 125 Å². The van der Waals surface area contributed by atoms with E-state index in [4.69, 9.17) is 0 Å². The van der Waals surface area contributed by atoms with Crippen molar-refractivity contribution in [2.24, 2.45) is 0 Å². The van der Waals surface area contributed by atoms with E-state index in [1.165, 1.54) is 0 Å². The lowest BCUT2D eigenvalue weighted by atomic mass is 10.2. The minimum absolute atomic E-state index is 0.159. The second kappa shape index (κ2) is 7.81. The summed E-state index contributed by atoms with van der Waals surface area (Å²) in [5.74, 6) is 0.0897. The van der Waals surface area contributed by atoms with Gasteiger partial charge in [-0.3, -0.25) is 14.7 Å². The number of amides is 2. The van der Waals surface area contributed by atoms with Gasteiger partial charge in [-0.2, -0.15) is 5.10 Å². The SMILES string of the molecule is CCc1cc(C(=O)NCCCN2CCCCCC2=O)n[nH]1. The summed E-state index contributed by atoms with van der Waals surface area (Å²) < 4.78 is 0. The molecule has 2 heterocycles. The molecule has 116 valence electrons. The Morgan fingerprint density at radius 3 is 3.05 bits per heavy atom. The number of carbonyl (C=O) groups is 2. The van der Waals surface area contributed by atoms with Crippen LogP contribution < -0.4 is 5.32 Å². The first kappa shape index (κ1) is 15.5. The van der Waals surface area contributed by atoms with E-state index >= 15 is 0 Å². The maximum absolute atomic E-state index is 11.9. The number of rotatable bonds is 6. The van der Waals surface area contributed by atoms with Crippen molar-refractivity contribution in [2.75, 3.05) is 19.6 Å². The Bertz CT molecular complexity index is 484. The smallest absolute Gasteiger partial charge is 0.271 e. The maximum atomic E-state index is 11.9. The monoisotopic (exact) mass is 292 g/mol. The van der Waals surface area contributed by atoms with E-state index in [0.717, 1.165) is 50.9 Å². The summed E-state index contributed by atoms with van der Waals surface area (Å²) in [6.07, 6.45) is 5.51. The highest BCUT2D eigenvalue weighted by molar-refractivity contribution is 5.92. The second-order valence-electron chi connectivity index (χ2n) is 5.43. The first-order valence-electron chi connectivity index (χ1n) is 7.81. The molecule has 0 atom stereocenters. The summed E-state index contributed by atoms with van der Waals surface area (Å²) in [5.41, 5.74) is 1.38. The van der Waals surface area contributed by atoms with Crippen molar-refractivity contribution >= 4 is 11.8 Å². The molecule has 2 rings (SSSR count). The molecule has 2 amide bonds. The number of carbonyl (C=O) groups excluding carboxylic acids is 2. The van der Waals surface area contributed by atoms with E-state index in [-0.39, 0.29) is 11.8 Å². The van der Waals surface area contributed by atoms with Gasteiger partial charge in [0, 0.05) is 31.7 Å². The van der Waals surface area contributed by atoms with Crippen molar-refractivity contribution in [3.8, 4) is 0 Å². The number of nitrogens with zero attached hydrogens (tertiary/aromatic N) is 2. The van der Waals surface area contributed by atoms with Crippen LogP contribution in [-0.2, 0) is 11.2 Å². The van der Waals surface area contributed by atoms with Gasteiger partial charge in [0.1, 0.15) is 5.69 Å². The maximum Gasteiger partial charge on any atom is 0.271 e. The lowest BCUT2D eigenvalue weighted by Gasteiger charge is -2.20. The number of nitrogens with one attached hydrogen (secondary N) is 2. The Balaban J connectivity index is 1.69. The summed E-state index contributed by atoms with van der Waals surface area (Å²) in [4.78, 5) is 25.6. The van der Waals surface area contributed by atoms with Crippen LogP contribution in [0.25, 0.3) is 0 Å². The number of aromatic amines is 1. The van der Waals surface area contributed by atoms with Gasteiger partial charge in [-0.15, -0.1) is 0 Å². The highest BCUT2D eigenvalue weighted by Gasteiger charge is 2.16. The molecule has 1 aliphatic heterocycles. The fraction of sp³-hybridized carbons (Fsp3) is 0.667. The van der Waals surface area contributed by atoms with Gasteiger partial charge >= 0.3 is 0 Å². The number of hydrogen-bond donors (Lipinski definition) is 2. The quantitative estimate of drug-likeness (QED) is 0.780. The van der Waals surface area contributed by atoms with Gasteiger partial charge in [0.05, 0.1) is 0 Å². The van der Waals surface area contributed by atoms with Gasteiger partial charge in [-0.1, -0.05) is 13.3 Å². The highest BCUT2D eigenvalue weighted by atomic mass is 16.2. The molecule has 6 heteroatoms. The van der Waals surface area contributed by atoms with Crippen LogP contribution in [0.5, 0.6) is 0 Å². The zero-order chi connectivity index (χ0) is 15.1. The lowest BCUT2D eigenvalue weighted by Crippen LogP contribution is -2.34. The summed E-state index contributed by atoms with van der Waals surface area (Å²) in [7, 11) is 0. The number of H-pyrrole nitrogens is 1. The molecule has 1 fully saturated rings. The molecule has 0 saturated carbocycles. The van der Waals surface area contributed by atoms with Crippen LogP contribution in [0.1, 0.15) is 55.2 Å². The average Bonchev–Trinajstić information content (AvgIpc) is 2.88. The molecule has 1 aromatic rings. The predicted octanol–water partition coefficient (Wildman–Crippen LogP) is 1.49. The molecule has 1 aliphatic rings. The van der Waals surface area contributed by atoms with Gasteiger partial charge in [0.25, 0.3) is 5.91 Å². The molecule has 6 nitrogen and oxygen atoms in total. The lowest BCUT2D eigenvalue weighted by molar-refractivity contribution is -0.130. The second-order valence-corrected chi connectivity index (χ2v) is 5.43. The van der Waals surface area contributed by atoms with Crippen molar-refractivity contribution in [1.82, 2.24) is 20.4 Å². The number of hydrogen-bond acceptors (Lipinski definition) is 3. The van der Waals surface area contributed by atoms with Crippen LogP contribution in [0.2, 0.25) is 0 Å². The number of likely N-dealkylation sites (tertiary alicyclic amines) is 1. The Morgan fingerprint density at radius 2 is 2.29 bits per heavy atom. The zero-order valence-electron chi connectivity index (χ0n) is 12.7. The molecule has 2 N–H and O–H groups in total. The average molecular weight is 292 g/mol. The first-order chi connectivity index (χ1) is 10.2. The van der Waals surface area contributed by atoms with E-state index in [1.807, 2.05) is 11.8 Å². The third-order valence-electron chi connectivity index (χ3n) is 3.81. The van der Waals surface area contributed by atoms with Gasteiger partial charge in [-0.25, -0.2) is 0 Å². The molecule has 0 bridgehead atoms. The summed E-state index contributed by atoms with van der Waals surface area (Å²) in [6, 6.07) is 1.77. The highest BCUT2D eigenvalue weighted by Crippen LogP contribution is 2.11. The predicted molar refractivity (Wildman–Crippen MR) is 80.0 cm³/mol. The van der Waals surface area contributed by atoms with Crippen molar-refractivity contribution in [2.45, 2.75) is 45.4 Å². The molecule has 0 spiro atoms. The topological polar surface area (TPSA) is 78.1 Å². The zero-order valence-corrected chi connectivity index (χ0v) is 12.7. The molecule has 1 saturated heterocycles. The van der Waals surface area contributed by atoms with E-state index in [9.17, 15) is 9.59 Å². The van der Waals surface area contributed by atoms with Gasteiger partial charge < -0.3 is 10.2 Å². The van der Waals surface area contributed by atoms with Gasteiger partial charge in [0.2, 0.25) is 5.91 Å². The minimum atomic E-state index is -0.159. The fourth-order valence-electron chi connectivity index (χ4n) is 2.50. The van der Waals surface area contributed by atoms with Crippen LogP contribution in [-0.4, -0.2) is 46.5 Å². The molecular formula is C15H24N4O2. The normalized spacial score (nSPS) is 15.9. The van der Waals surface area contributed by atoms with Crippen molar-refractivity contribution < 1.29 is 9.59 Å². The Hall–Kier alpha value is -1.85. The summed E-state index contributed by atoms with van der Waals surface area (Å²) in [5, 5.41) is 9.65. The molecule has 0 aromatic carbocycles. The number of aromatic nitrogens is 2. The minimum Gasteiger partial charge on any atom is -0.351 e. The van der Waals surface area contributed by atoms with E-state index in [2.05, 4.69) is 15.5 Å². The molecule has 1 aromatic heterocycles. The largest absolute Gasteiger partial charge is 0.351 e. The van der Waals surface area contributed by atoms with Crippen LogP contribution >= 0.6 is 0 Å². The Morgan fingerprint density at radius 1 is 1.43 bits per heavy atom. The van der Waals surface area contributed by atoms with Crippen LogP contribution in [0.15, 0.2) is 6.07 Å². The molecule has 0 aliphatic carbocycles. The molecule has 21 heavy (non-hydrogen) atoms. The molecule has 0 radical (unpaired) electrons. The third kappa shape index (κ3) is 4.58. The van der Waals surface area contributed by atoms with Gasteiger partial charge in [-0.05, 0) is 31.7 Å². The third-order valence-corrected chi connectivity index (χ3v) is 3.81. The van der Waals surface area contributed by atoms with Crippen LogP contribution in [0.4, 0.5) is 0 Å². The van der Waals surface area contributed by atoms with Crippen molar-refractivity contribution in [1.29, 1.82) is 0 Å². The fourth-order valence-corrected chi connectivity index (χ4v) is 2.50. The first-order valence-corrected chi connectivity index (χ1v) is 7.81. The van der Waals surface area contributed by atoms with E-state index < -0.39 is 0 Å². The number of aryl methyl sites for hydroxylation is 1.